The van der Waals surface area contributed by atoms with Gasteiger partial charge in [-0.25, -0.2) is 0 Å². The van der Waals surface area contributed by atoms with Gasteiger partial charge in [-0.1, -0.05) is 66.8 Å². The van der Waals surface area contributed by atoms with Crippen molar-refractivity contribution in [3.8, 4) is 11.1 Å². The van der Waals surface area contributed by atoms with E-state index in [4.69, 9.17) is 0 Å². The largest absolute Gasteiger partial charge is 0.0912 e. The summed E-state index contributed by atoms with van der Waals surface area (Å²) >= 11 is 0. The minimum atomic E-state index is 1.06. The molecule has 0 nitrogen and oxygen atoms in total. The summed E-state index contributed by atoms with van der Waals surface area (Å²) < 4.78 is 0. The third kappa shape index (κ3) is 2.78. The number of aryl methyl sites for hydroxylation is 1. The van der Waals surface area contributed by atoms with Crippen LogP contribution in [0.15, 0.2) is 54.6 Å². The van der Waals surface area contributed by atoms with Gasteiger partial charge in [0.2, 0.25) is 0 Å². The predicted molar refractivity (Wildman–Crippen MR) is 80.7 cm³/mol. The number of benzene rings is 2. The number of hydrogen-bond donors (Lipinski definition) is 0. The molecule has 0 saturated heterocycles. The average Bonchev–Trinajstić information content (AvgIpc) is 2.39. The molecule has 2 aromatic carbocycles. The van der Waals surface area contributed by atoms with Gasteiger partial charge in [0.1, 0.15) is 0 Å². The lowest BCUT2D eigenvalue weighted by atomic mass is 10.0. The van der Waals surface area contributed by atoms with E-state index in [1.165, 1.54) is 21.9 Å². The van der Waals surface area contributed by atoms with Crippen LogP contribution in [0, 0.1) is 6.92 Å². The minimum Gasteiger partial charge on any atom is -0.0912 e. The zero-order chi connectivity index (χ0) is 13.0. The maximum Gasteiger partial charge on any atom is -0.0178 e. The first kappa shape index (κ1) is 12.4. The molecule has 0 heteroatoms. The Morgan fingerprint density at radius 1 is 0.944 bits per heavy atom. The molecule has 0 radical (unpaired) electrons. The van der Waals surface area contributed by atoms with E-state index in [0.29, 0.717) is 0 Å². The smallest absolute Gasteiger partial charge is 0.0178 e. The van der Waals surface area contributed by atoms with Crippen LogP contribution in [0.1, 0.15) is 12.5 Å². The van der Waals surface area contributed by atoms with Gasteiger partial charge in [-0.15, -0.1) is 0 Å². The van der Waals surface area contributed by atoms with Crippen LogP contribution in [0.2, 0.25) is 0 Å². The van der Waals surface area contributed by atoms with Crippen LogP contribution in [0.3, 0.4) is 0 Å². The topological polar surface area (TPSA) is 0 Å². The fraction of sp³-hybridized carbons (Fsp3) is 0.111. The summed E-state index contributed by atoms with van der Waals surface area (Å²) in [6.45, 7) is 8.18. The Labute approximate surface area is 109 Å². The van der Waals surface area contributed by atoms with Gasteiger partial charge in [0.15, 0.2) is 0 Å². The molecule has 0 bridgehead atoms. The molecule has 0 unspecified atom stereocenters. The zero-order valence-corrected chi connectivity index (χ0v) is 11.0. The van der Waals surface area contributed by atoms with Crippen molar-refractivity contribution in [1.82, 2.24) is 0 Å². The van der Waals surface area contributed by atoms with E-state index in [1.54, 1.807) is 0 Å². The molecule has 0 N–H and O–H groups in total. The molecule has 0 spiro atoms. The first-order valence-electron chi connectivity index (χ1n) is 6.20. The van der Waals surface area contributed by atoms with Gasteiger partial charge < -0.3 is 0 Å². The first-order chi connectivity index (χ1) is 8.70. The molecule has 90 valence electrons. The van der Waals surface area contributed by atoms with Crippen molar-refractivity contribution in [1.29, 1.82) is 0 Å². The summed E-state index contributed by atoms with van der Waals surface area (Å²) in [4.78, 5) is 0. The van der Waals surface area contributed by atoms with Gasteiger partial charge in [-0.05, 0) is 41.5 Å². The number of allylic oxidation sites excluding steroid dienone is 2. The molecule has 0 saturated carbocycles. The van der Waals surface area contributed by atoms with Crippen LogP contribution in [-0.4, -0.2) is 0 Å². The standard InChI is InChI=1S/C18H18/c1-4-5-6-17-13-18(12-9-15(17)3)16-10-7-14(2)8-11-16/h4-13H,3H2,1-2H3/b5-4-,17-6-. The highest BCUT2D eigenvalue weighted by molar-refractivity contribution is 5.64. The highest BCUT2D eigenvalue weighted by atomic mass is 14.0. The van der Waals surface area contributed by atoms with E-state index in [0.717, 1.165) is 5.22 Å². The van der Waals surface area contributed by atoms with Gasteiger partial charge in [-0.2, -0.15) is 0 Å². The molecular weight excluding hydrogens is 216 g/mol. The Hall–Kier alpha value is -2.08. The maximum absolute atomic E-state index is 4.06. The molecule has 2 aromatic rings. The summed E-state index contributed by atoms with van der Waals surface area (Å²) in [5, 5.41) is 2.23. The van der Waals surface area contributed by atoms with E-state index in [9.17, 15) is 0 Å². The molecule has 0 amide bonds. The second kappa shape index (κ2) is 5.50. The summed E-state index contributed by atoms with van der Waals surface area (Å²) in [5.41, 5.74) is 3.77. The van der Waals surface area contributed by atoms with Crippen LogP contribution in [-0.2, 0) is 0 Å². The lowest BCUT2D eigenvalue weighted by molar-refractivity contribution is 1.46. The van der Waals surface area contributed by atoms with Crippen LogP contribution in [0.5, 0.6) is 0 Å². The van der Waals surface area contributed by atoms with E-state index in [1.807, 2.05) is 19.1 Å². The Morgan fingerprint density at radius 3 is 2.28 bits per heavy atom. The third-order valence-electron chi connectivity index (χ3n) is 3.00. The van der Waals surface area contributed by atoms with Crippen LogP contribution < -0.4 is 10.4 Å². The molecule has 18 heavy (non-hydrogen) atoms. The van der Waals surface area contributed by atoms with Crippen LogP contribution in [0.4, 0.5) is 0 Å². The highest BCUT2D eigenvalue weighted by Gasteiger charge is 1.96. The quantitative estimate of drug-likeness (QED) is 0.747. The molecule has 0 aliphatic heterocycles. The Kier molecular flexibility index (Phi) is 3.78. The second-order valence-corrected chi connectivity index (χ2v) is 4.47. The van der Waals surface area contributed by atoms with Gasteiger partial charge in [0, 0.05) is 0 Å². The third-order valence-corrected chi connectivity index (χ3v) is 3.00. The van der Waals surface area contributed by atoms with E-state index in [2.05, 4.69) is 62.0 Å². The fourth-order valence-corrected chi connectivity index (χ4v) is 1.88. The lowest BCUT2D eigenvalue weighted by Crippen LogP contribution is -2.22. The van der Waals surface area contributed by atoms with E-state index in [-0.39, 0.29) is 0 Å². The second-order valence-electron chi connectivity index (χ2n) is 4.47. The van der Waals surface area contributed by atoms with E-state index < -0.39 is 0 Å². The van der Waals surface area contributed by atoms with Gasteiger partial charge in [0.05, 0.1) is 0 Å². The van der Waals surface area contributed by atoms with Crippen molar-refractivity contribution < 1.29 is 0 Å². The molecule has 0 aromatic heterocycles. The Morgan fingerprint density at radius 2 is 1.61 bits per heavy atom. The summed E-state index contributed by atoms with van der Waals surface area (Å²) in [6.07, 6.45) is 6.17. The number of rotatable bonds is 2. The van der Waals surface area contributed by atoms with Crippen molar-refractivity contribution in [2.24, 2.45) is 0 Å². The minimum absolute atomic E-state index is 1.06. The van der Waals surface area contributed by atoms with Crippen molar-refractivity contribution in [2.45, 2.75) is 13.8 Å². The lowest BCUT2D eigenvalue weighted by Gasteiger charge is -2.02. The Balaban J connectivity index is 2.53. The molecule has 0 aliphatic rings. The number of hydrogen-bond acceptors (Lipinski definition) is 0. The van der Waals surface area contributed by atoms with Crippen LogP contribution >= 0.6 is 0 Å². The van der Waals surface area contributed by atoms with Gasteiger partial charge >= 0.3 is 0 Å². The summed E-state index contributed by atoms with van der Waals surface area (Å²) in [5.74, 6) is 0. The predicted octanol–water partition coefficient (Wildman–Crippen LogP) is 3.43. The molecule has 0 atom stereocenters. The van der Waals surface area contributed by atoms with E-state index >= 15 is 0 Å². The maximum atomic E-state index is 4.06. The zero-order valence-electron chi connectivity index (χ0n) is 11.0. The summed E-state index contributed by atoms with van der Waals surface area (Å²) in [6, 6.07) is 15.0. The molecule has 0 aliphatic carbocycles. The monoisotopic (exact) mass is 234 g/mol. The molecule has 0 heterocycles. The molecular formula is C18H18. The first-order valence-corrected chi connectivity index (χ1v) is 6.20. The van der Waals surface area contributed by atoms with Crippen molar-refractivity contribution in [3.63, 3.8) is 0 Å². The highest BCUT2D eigenvalue weighted by Crippen LogP contribution is 2.16. The van der Waals surface area contributed by atoms with Crippen molar-refractivity contribution in [2.75, 3.05) is 0 Å². The normalized spacial score (nSPS) is 12.2. The molecule has 0 fully saturated rings. The van der Waals surface area contributed by atoms with Crippen LogP contribution in [0.25, 0.3) is 23.8 Å². The molecule has 2 rings (SSSR count). The average molecular weight is 234 g/mol. The van der Waals surface area contributed by atoms with Crippen molar-refractivity contribution >= 4 is 12.7 Å². The van der Waals surface area contributed by atoms with Crippen molar-refractivity contribution in [3.05, 3.63) is 70.6 Å². The fourth-order valence-electron chi connectivity index (χ4n) is 1.88. The SMILES string of the molecule is C=c1ccc(-c2ccc(C)cc2)c/c1=C/C=C\C. The van der Waals surface area contributed by atoms with Gasteiger partial charge in [-0.3, -0.25) is 0 Å². The summed E-state index contributed by atoms with van der Waals surface area (Å²) in [7, 11) is 0. The van der Waals surface area contributed by atoms with Gasteiger partial charge in [0.25, 0.3) is 0 Å². The Bertz CT molecular complexity index is 658.